The van der Waals surface area contributed by atoms with Crippen molar-refractivity contribution in [3.8, 4) is 11.5 Å². The first-order chi connectivity index (χ1) is 13.9. The summed E-state index contributed by atoms with van der Waals surface area (Å²) in [5.74, 6) is 0.490. The van der Waals surface area contributed by atoms with Crippen molar-refractivity contribution in [2.24, 2.45) is 0 Å². The van der Waals surface area contributed by atoms with E-state index in [0.29, 0.717) is 18.7 Å². The molecule has 0 fully saturated rings. The van der Waals surface area contributed by atoms with Crippen molar-refractivity contribution in [3.05, 3.63) is 60.2 Å². The highest BCUT2D eigenvalue weighted by Gasteiger charge is 2.34. The lowest BCUT2D eigenvalue weighted by Crippen LogP contribution is -2.22. The Balaban J connectivity index is 1.53. The second-order valence-electron chi connectivity index (χ2n) is 5.99. The van der Waals surface area contributed by atoms with Crippen LogP contribution in [0.4, 0.5) is 13.2 Å². The van der Waals surface area contributed by atoms with Gasteiger partial charge < -0.3 is 9.73 Å². The van der Waals surface area contributed by atoms with Crippen LogP contribution in [-0.4, -0.2) is 26.6 Å². The molecule has 0 aromatic carbocycles. The molecule has 3 aromatic heterocycles. The quantitative estimate of drug-likeness (QED) is 0.330. The fourth-order valence-corrected chi connectivity index (χ4v) is 3.17. The molecule has 29 heavy (non-hydrogen) atoms. The zero-order valence-corrected chi connectivity index (χ0v) is 16.0. The van der Waals surface area contributed by atoms with E-state index in [1.165, 1.54) is 12.3 Å². The van der Waals surface area contributed by atoms with Gasteiger partial charge in [-0.3, -0.25) is 9.78 Å². The van der Waals surface area contributed by atoms with Gasteiger partial charge in [0.05, 0.1) is 6.26 Å². The molecule has 0 aliphatic heterocycles. The molecule has 3 rings (SSSR count). The predicted molar refractivity (Wildman–Crippen MR) is 101 cm³/mol. The van der Waals surface area contributed by atoms with Crippen molar-refractivity contribution < 1.29 is 22.4 Å². The summed E-state index contributed by atoms with van der Waals surface area (Å²) in [5, 5.41) is 2.76. The molecule has 0 spiro atoms. The summed E-state index contributed by atoms with van der Waals surface area (Å²) in [6.45, 7) is 0.378. The van der Waals surface area contributed by atoms with Crippen LogP contribution >= 0.6 is 11.8 Å². The molecule has 0 saturated carbocycles. The Bertz CT molecular complexity index is 934. The summed E-state index contributed by atoms with van der Waals surface area (Å²) in [7, 11) is 0. The lowest BCUT2D eigenvalue weighted by molar-refractivity contribution is -0.141. The van der Waals surface area contributed by atoms with Crippen LogP contribution < -0.4 is 5.32 Å². The first kappa shape index (κ1) is 20.8. The van der Waals surface area contributed by atoms with Crippen LogP contribution in [0.2, 0.25) is 0 Å². The van der Waals surface area contributed by atoms with E-state index in [4.69, 9.17) is 4.42 Å². The summed E-state index contributed by atoms with van der Waals surface area (Å²) in [6, 6.07) is 7.59. The van der Waals surface area contributed by atoms with Gasteiger partial charge in [-0.15, -0.1) is 0 Å². The zero-order valence-electron chi connectivity index (χ0n) is 15.1. The van der Waals surface area contributed by atoms with Crippen molar-refractivity contribution in [3.63, 3.8) is 0 Å². The summed E-state index contributed by atoms with van der Waals surface area (Å²) < 4.78 is 44.5. The number of thioether (sulfide) groups is 1. The molecule has 0 unspecified atom stereocenters. The molecule has 0 bridgehead atoms. The minimum atomic E-state index is -4.59. The van der Waals surface area contributed by atoms with Crippen molar-refractivity contribution in [1.29, 1.82) is 0 Å². The number of hydrogen-bond donors (Lipinski definition) is 1. The third-order valence-corrected chi connectivity index (χ3v) is 4.70. The number of aromatic nitrogens is 3. The van der Waals surface area contributed by atoms with Gasteiger partial charge in [0.15, 0.2) is 10.9 Å². The van der Waals surface area contributed by atoms with Crippen LogP contribution in [-0.2, 0) is 17.5 Å². The maximum Gasteiger partial charge on any atom is 0.433 e. The first-order valence-electron chi connectivity index (χ1n) is 8.70. The highest BCUT2D eigenvalue weighted by Crippen LogP contribution is 2.32. The summed E-state index contributed by atoms with van der Waals surface area (Å²) >= 11 is 1.06. The van der Waals surface area contributed by atoms with Crippen molar-refractivity contribution in [2.75, 3.05) is 5.75 Å². The van der Waals surface area contributed by atoms with Crippen LogP contribution in [0.5, 0.6) is 0 Å². The Labute approximate surface area is 169 Å². The number of furan rings is 1. The summed E-state index contributed by atoms with van der Waals surface area (Å²) in [6.07, 6.45) is 0.803. The Morgan fingerprint density at radius 2 is 2.07 bits per heavy atom. The van der Waals surface area contributed by atoms with Crippen molar-refractivity contribution in [2.45, 2.75) is 30.7 Å². The van der Waals surface area contributed by atoms with Crippen LogP contribution in [0.3, 0.4) is 0 Å². The summed E-state index contributed by atoms with van der Waals surface area (Å²) in [4.78, 5) is 23.6. The molecule has 6 nitrogen and oxygen atoms in total. The largest absolute Gasteiger partial charge is 0.463 e. The van der Waals surface area contributed by atoms with E-state index in [2.05, 4.69) is 20.3 Å². The Hall–Kier alpha value is -2.88. The fraction of sp³-hybridized carbons (Fsp3) is 0.263. The fourth-order valence-electron chi connectivity index (χ4n) is 2.37. The van der Waals surface area contributed by atoms with Gasteiger partial charge in [0.2, 0.25) is 5.91 Å². The van der Waals surface area contributed by atoms with E-state index in [0.717, 1.165) is 23.4 Å². The Morgan fingerprint density at radius 3 is 2.76 bits per heavy atom. The van der Waals surface area contributed by atoms with Crippen LogP contribution in [0.15, 0.2) is 58.6 Å². The molecule has 0 atom stereocenters. The average molecular weight is 422 g/mol. The highest BCUT2D eigenvalue weighted by atomic mass is 32.2. The molecule has 0 aliphatic carbocycles. The Morgan fingerprint density at radius 1 is 1.21 bits per heavy atom. The van der Waals surface area contributed by atoms with E-state index in [-0.39, 0.29) is 28.9 Å². The van der Waals surface area contributed by atoms with E-state index < -0.39 is 11.9 Å². The van der Waals surface area contributed by atoms with E-state index >= 15 is 0 Å². The molecular weight excluding hydrogens is 405 g/mol. The van der Waals surface area contributed by atoms with E-state index in [1.54, 1.807) is 24.5 Å². The third kappa shape index (κ3) is 6.31. The minimum Gasteiger partial charge on any atom is -0.463 e. The molecule has 10 heteroatoms. The molecule has 0 aliphatic rings. The molecule has 0 radical (unpaired) electrons. The van der Waals surface area contributed by atoms with E-state index in [1.807, 2.05) is 6.07 Å². The number of nitrogens with zero attached hydrogens (tertiary/aromatic N) is 3. The number of pyridine rings is 1. The van der Waals surface area contributed by atoms with Gasteiger partial charge in [-0.2, -0.15) is 13.2 Å². The van der Waals surface area contributed by atoms with Crippen molar-refractivity contribution >= 4 is 17.7 Å². The van der Waals surface area contributed by atoms with Gasteiger partial charge in [-0.25, -0.2) is 9.97 Å². The molecule has 152 valence electrons. The SMILES string of the molecule is O=C(CCCSc1nc(-c2ccco2)cc(C(F)(F)F)n1)NCc1cccnc1. The number of nitrogens with one attached hydrogen (secondary N) is 1. The second kappa shape index (κ2) is 9.55. The molecule has 1 amide bonds. The average Bonchev–Trinajstić information content (AvgIpc) is 3.24. The number of amides is 1. The Kier molecular flexibility index (Phi) is 6.86. The number of carbonyl (C=O) groups is 1. The van der Waals surface area contributed by atoms with E-state index in [9.17, 15) is 18.0 Å². The normalized spacial score (nSPS) is 11.4. The molecule has 0 saturated heterocycles. The second-order valence-corrected chi connectivity index (χ2v) is 7.05. The van der Waals surface area contributed by atoms with Gasteiger partial charge in [-0.05, 0) is 36.2 Å². The van der Waals surface area contributed by atoms with Gasteiger partial charge in [-0.1, -0.05) is 17.8 Å². The standard InChI is InChI=1S/C19H17F3N4O2S/c20-19(21,22)16-10-14(15-5-2-8-28-15)25-18(26-16)29-9-3-6-17(27)24-12-13-4-1-7-23-11-13/h1-2,4-5,7-8,10-11H,3,6,9,12H2,(H,24,27). The van der Waals surface area contributed by atoms with Gasteiger partial charge in [0.25, 0.3) is 0 Å². The molecule has 3 heterocycles. The molecule has 1 N–H and O–H groups in total. The molecule has 3 aromatic rings. The van der Waals surface area contributed by atoms with Crippen LogP contribution in [0, 0.1) is 0 Å². The summed E-state index contributed by atoms with van der Waals surface area (Å²) in [5.41, 5.74) is -0.0808. The lowest BCUT2D eigenvalue weighted by Gasteiger charge is -2.09. The number of hydrogen-bond acceptors (Lipinski definition) is 6. The number of carbonyl (C=O) groups excluding carboxylic acids is 1. The monoisotopic (exact) mass is 422 g/mol. The van der Waals surface area contributed by atoms with Gasteiger partial charge in [0.1, 0.15) is 11.4 Å². The number of rotatable bonds is 8. The third-order valence-electron chi connectivity index (χ3n) is 3.76. The molecular formula is C19H17F3N4O2S. The maximum atomic E-state index is 13.1. The van der Waals surface area contributed by atoms with Gasteiger partial charge >= 0.3 is 6.18 Å². The number of alkyl halides is 3. The minimum absolute atomic E-state index is 0.0120. The lowest BCUT2D eigenvalue weighted by atomic mass is 10.2. The van der Waals surface area contributed by atoms with Crippen LogP contribution in [0.1, 0.15) is 24.1 Å². The first-order valence-corrected chi connectivity index (χ1v) is 9.69. The zero-order chi connectivity index (χ0) is 20.7. The highest BCUT2D eigenvalue weighted by molar-refractivity contribution is 7.99. The number of halogens is 3. The van der Waals surface area contributed by atoms with Gasteiger partial charge in [0, 0.05) is 31.1 Å². The topological polar surface area (TPSA) is 80.9 Å². The maximum absolute atomic E-state index is 13.1. The predicted octanol–water partition coefficient (Wildman–Crippen LogP) is 4.34. The van der Waals surface area contributed by atoms with Crippen molar-refractivity contribution in [1.82, 2.24) is 20.3 Å². The smallest absolute Gasteiger partial charge is 0.433 e. The van der Waals surface area contributed by atoms with Crippen LogP contribution in [0.25, 0.3) is 11.5 Å².